The first-order chi connectivity index (χ1) is 7.77. The Hall–Kier alpha value is -0.480. The molecular formula is C13H21Cl2NO2. The van der Waals surface area contributed by atoms with Crippen molar-refractivity contribution in [1.82, 2.24) is 0 Å². The molecule has 0 spiro atoms. The molecule has 0 unspecified atom stereocenters. The summed E-state index contributed by atoms with van der Waals surface area (Å²) in [7, 11) is 1.57. The van der Waals surface area contributed by atoms with E-state index >= 15 is 0 Å². The van der Waals surface area contributed by atoms with E-state index in [4.69, 9.17) is 22.1 Å². The van der Waals surface area contributed by atoms with E-state index in [0.717, 1.165) is 5.56 Å². The summed E-state index contributed by atoms with van der Waals surface area (Å²) in [6.45, 7) is 5.82. The fourth-order valence-corrected chi connectivity index (χ4v) is 1.85. The molecule has 3 N–H and O–H groups in total. The highest BCUT2D eigenvalue weighted by Crippen LogP contribution is 2.34. The lowest BCUT2D eigenvalue weighted by atomic mass is 9.82. The first kappa shape index (κ1) is 17.5. The number of aliphatic hydroxyl groups excluding tert-OH is 1. The molecule has 0 heterocycles. The zero-order chi connectivity index (χ0) is 13.2. The SMILES string of the molecule is COc1ccc(Cl)cc1[C@@H](N)[C@@H](O)C(C)(C)C.Cl. The van der Waals surface area contributed by atoms with Crippen LogP contribution in [-0.4, -0.2) is 18.3 Å². The van der Waals surface area contributed by atoms with Crippen LogP contribution in [0.25, 0.3) is 0 Å². The largest absolute Gasteiger partial charge is 0.496 e. The van der Waals surface area contributed by atoms with Crippen molar-refractivity contribution in [2.45, 2.75) is 32.9 Å². The molecule has 3 nitrogen and oxygen atoms in total. The van der Waals surface area contributed by atoms with E-state index in [9.17, 15) is 5.11 Å². The van der Waals surface area contributed by atoms with Gasteiger partial charge in [0.2, 0.25) is 0 Å². The molecule has 0 aliphatic rings. The average molecular weight is 294 g/mol. The van der Waals surface area contributed by atoms with Gasteiger partial charge in [-0.2, -0.15) is 0 Å². The number of rotatable bonds is 3. The average Bonchev–Trinajstić information content (AvgIpc) is 2.25. The Kier molecular flexibility index (Phi) is 6.44. The van der Waals surface area contributed by atoms with E-state index in [1.165, 1.54) is 0 Å². The number of benzene rings is 1. The minimum atomic E-state index is -0.671. The summed E-state index contributed by atoms with van der Waals surface area (Å²) in [5, 5.41) is 10.8. The first-order valence-electron chi connectivity index (χ1n) is 5.54. The predicted molar refractivity (Wildman–Crippen MR) is 77.6 cm³/mol. The topological polar surface area (TPSA) is 55.5 Å². The molecule has 1 aromatic rings. The Morgan fingerprint density at radius 3 is 2.33 bits per heavy atom. The monoisotopic (exact) mass is 293 g/mol. The molecule has 1 rings (SSSR count). The van der Waals surface area contributed by atoms with Crippen LogP contribution in [0.1, 0.15) is 32.4 Å². The molecule has 0 amide bonds. The van der Waals surface area contributed by atoms with Gasteiger partial charge in [0.05, 0.1) is 19.3 Å². The van der Waals surface area contributed by atoms with Gasteiger partial charge in [-0.15, -0.1) is 12.4 Å². The highest BCUT2D eigenvalue weighted by atomic mass is 35.5. The molecule has 0 bridgehead atoms. The van der Waals surface area contributed by atoms with Crippen LogP contribution in [0, 0.1) is 5.41 Å². The Bertz CT molecular complexity index is 391. The lowest BCUT2D eigenvalue weighted by Gasteiger charge is -2.31. The van der Waals surface area contributed by atoms with Gasteiger partial charge >= 0.3 is 0 Å². The summed E-state index contributed by atoms with van der Waals surface area (Å²) in [4.78, 5) is 0. The molecule has 0 aliphatic carbocycles. The van der Waals surface area contributed by atoms with Crippen molar-refractivity contribution in [2.75, 3.05) is 7.11 Å². The van der Waals surface area contributed by atoms with Crippen molar-refractivity contribution in [1.29, 1.82) is 0 Å². The van der Waals surface area contributed by atoms with Crippen LogP contribution in [0.5, 0.6) is 5.75 Å². The normalized spacial score (nSPS) is 14.6. The van der Waals surface area contributed by atoms with Gasteiger partial charge in [0.15, 0.2) is 0 Å². The molecule has 0 aliphatic heterocycles. The maximum Gasteiger partial charge on any atom is 0.123 e. The van der Waals surface area contributed by atoms with Crippen molar-refractivity contribution in [2.24, 2.45) is 11.1 Å². The second-order valence-corrected chi connectivity index (χ2v) is 5.66. The van der Waals surface area contributed by atoms with Gasteiger partial charge in [-0.25, -0.2) is 0 Å². The highest BCUT2D eigenvalue weighted by molar-refractivity contribution is 6.30. The number of hydrogen-bond acceptors (Lipinski definition) is 3. The van der Waals surface area contributed by atoms with Crippen LogP contribution in [0.3, 0.4) is 0 Å². The number of methoxy groups -OCH3 is 1. The Balaban J connectivity index is 0.00000289. The third-order valence-electron chi connectivity index (χ3n) is 2.78. The summed E-state index contributed by atoms with van der Waals surface area (Å²) in [5.74, 6) is 0.644. The van der Waals surface area contributed by atoms with Crippen molar-refractivity contribution in [3.8, 4) is 5.75 Å². The minimum absolute atomic E-state index is 0. The van der Waals surface area contributed by atoms with Gasteiger partial charge in [-0.1, -0.05) is 32.4 Å². The second kappa shape index (κ2) is 6.62. The zero-order valence-electron chi connectivity index (χ0n) is 11.1. The Morgan fingerprint density at radius 2 is 1.89 bits per heavy atom. The molecule has 0 saturated heterocycles. The number of nitrogens with two attached hydrogens (primary N) is 1. The van der Waals surface area contributed by atoms with Gasteiger partial charge in [0, 0.05) is 10.6 Å². The van der Waals surface area contributed by atoms with Crippen LogP contribution in [0.4, 0.5) is 0 Å². The second-order valence-electron chi connectivity index (χ2n) is 5.22. The van der Waals surface area contributed by atoms with Crippen molar-refractivity contribution >= 4 is 24.0 Å². The Labute approximate surface area is 120 Å². The van der Waals surface area contributed by atoms with E-state index < -0.39 is 12.1 Å². The van der Waals surface area contributed by atoms with Gasteiger partial charge in [0.25, 0.3) is 0 Å². The van der Waals surface area contributed by atoms with Crippen LogP contribution in [-0.2, 0) is 0 Å². The standard InChI is InChI=1S/C13H20ClNO2.ClH/c1-13(2,3)12(16)11(15)9-7-8(14)5-6-10(9)17-4;/h5-7,11-12,16H,15H2,1-4H3;1H/t11-,12-;/m1./s1. The maximum absolute atomic E-state index is 10.2. The molecule has 1 aromatic carbocycles. The number of aliphatic hydroxyl groups is 1. The van der Waals surface area contributed by atoms with Crippen LogP contribution < -0.4 is 10.5 Å². The summed E-state index contributed by atoms with van der Waals surface area (Å²) in [6, 6.07) is 4.70. The van der Waals surface area contributed by atoms with Crippen molar-refractivity contribution < 1.29 is 9.84 Å². The summed E-state index contributed by atoms with van der Waals surface area (Å²) in [5.41, 5.74) is 6.51. The number of halogens is 2. The van der Waals surface area contributed by atoms with Crippen LogP contribution in [0.2, 0.25) is 5.02 Å². The molecule has 0 radical (unpaired) electrons. The van der Waals surface area contributed by atoms with E-state index in [0.29, 0.717) is 10.8 Å². The lowest BCUT2D eigenvalue weighted by molar-refractivity contribution is 0.0394. The van der Waals surface area contributed by atoms with E-state index in [1.54, 1.807) is 25.3 Å². The summed E-state index contributed by atoms with van der Waals surface area (Å²) < 4.78 is 5.23. The van der Waals surface area contributed by atoms with Gasteiger partial charge in [-0.3, -0.25) is 0 Å². The molecule has 0 saturated carbocycles. The van der Waals surface area contributed by atoms with E-state index in [1.807, 2.05) is 20.8 Å². The first-order valence-corrected chi connectivity index (χ1v) is 5.92. The predicted octanol–water partition coefficient (Wildman–Crippen LogP) is 3.18. The van der Waals surface area contributed by atoms with E-state index in [2.05, 4.69) is 0 Å². The minimum Gasteiger partial charge on any atom is -0.496 e. The molecule has 0 fully saturated rings. The summed E-state index contributed by atoms with van der Waals surface area (Å²) >= 11 is 5.94. The Morgan fingerprint density at radius 1 is 1.33 bits per heavy atom. The number of ether oxygens (including phenoxy) is 1. The molecule has 18 heavy (non-hydrogen) atoms. The van der Waals surface area contributed by atoms with Crippen molar-refractivity contribution in [3.63, 3.8) is 0 Å². The molecule has 2 atom stereocenters. The quantitative estimate of drug-likeness (QED) is 0.900. The fourth-order valence-electron chi connectivity index (χ4n) is 1.67. The van der Waals surface area contributed by atoms with Crippen molar-refractivity contribution in [3.05, 3.63) is 28.8 Å². The molecule has 104 valence electrons. The number of hydrogen-bond donors (Lipinski definition) is 2. The van der Waals surface area contributed by atoms with E-state index in [-0.39, 0.29) is 17.8 Å². The third-order valence-corrected chi connectivity index (χ3v) is 3.01. The third kappa shape index (κ3) is 4.02. The zero-order valence-corrected chi connectivity index (χ0v) is 12.7. The molecular weight excluding hydrogens is 273 g/mol. The summed E-state index contributed by atoms with van der Waals surface area (Å²) in [6.07, 6.45) is -0.671. The molecule has 0 aromatic heterocycles. The van der Waals surface area contributed by atoms with Gasteiger partial charge in [0.1, 0.15) is 5.75 Å². The lowest BCUT2D eigenvalue weighted by Crippen LogP contribution is -2.37. The van der Waals surface area contributed by atoms with Crippen LogP contribution >= 0.6 is 24.0 Å². The fraction of sp³-hybridized carbons (Fsp3) is 0.538. The molecule has 5 heteroatoms. The smallest absolute Gasteiger partial charge is 0.123 e. The highest BCUT2D eigenvalue weighted by Gasteiger charge is 2.30. The van der Waals surface area contributed by atoms with Gasteiger partial charge < -0.3 is 15.6 Å². The van der Waals surface area contributed by atoms with Crippen LogP contribution in [0.15, 0.2) is 18.2 Å². The van der Waals surface area contributed by atoms with Gasteiger partial charge in [-0.05, 0) is 23.6 Å². The maximum atomic E-state index is 10.2.